The first-order valence-corrected chi connectivity index (χ1v) is 9.27. The highest BCUT2D eigenvalue weighted by Gasteiger charge is 2.44. The third-order valence-corrected chi connectivity index (χ3v) is 4.45. The molecule has 8 nitrogen and oxygen atoms in total. The molecule has 0 saturated carbocycles. The first kappa shape index (κ1) is 22.7. The molecule has 1 aliphatic rings. The van der Waals surface area contributed by atoms with Gasteiger partial charge in [0, 0.05) is 6.54 Å². The van der Waals surface area contributed by atoms with Crippen molar-refractivity contribution in [2.24, 2.45) is 0 Å². The van der Waals surface area contributed by atoms with Crippen LogP contribution in [-0.4, -0.2) is 100 Å². The molecule has 25 heavy (non-hydrogen) atoms. The Labute approximate surface area is 150 Å². The standard InChI is InChI=1S/C17H35NO7/c1-3-5-7-18(8-6-4-2)9-12(20)11-24-16-15(22)14(21)13(10-19)25-17(16)23/h12-17,19-23H,3-11H2,1-2H3/t12?,13-,14+,15+,16-,17-/m1/s1. The Balaban J connectivity index is 2.46. The van der Waals surface area contributed by atoms with E-state index in [9.17, 15) is 20.4 Å². The number of ether oxygens (including phenoxy) is 2. The van der Waals surface area contributed by atoms with Crippen molar-refractivity contribution in [3.8, 4) is 0 Å². The van der Waals surface area contributed by atoms with Crippen LogP contribution in [0.5, 0.6) is 0 Å². The molecular weight excluding hydrogens is 330 g/mol. The van der Waals surface area contributed by atoms with Gasteiger partial charge in [-0.05, 0) is 25.9 Å². The first-order chi connectivity index (χ1) is 11.9. The van der Waals surface area contributed by atoms with E-state index in [1.54, 1.807) is 0 Å². The summed E-state index contributed by atoms with van der Waals surface area (Å²) in [7, 11) is 0. The minimum Gasteiger partial charge on any atom is -0.394 e. The summed E-state index contributed by atoms with van der Waals surface area (Å²) in [5, 5.41) is 49.0. The van der Waals surface area contributed by atoms with Crippen molar-refractivity contribution >= 4 is 0 Å². The zero-order valence-corrected chi connectivity index (χ0v) is 15.3. The van der Waals surface area contributed by atoms with Gasteiger partial charge in [-0.25, -0.2) is 0 Å². The van der Waals surface area contributed by atoms with Crippen LogP contribution in [0.2, 0.25) is 0 Å². The number of hydrogen-bond acceptors (Lipinski definition) is 8. The quantitative estimate of drug-likeness (QED) is 0.300. The minimum absolute atomic E-state index is 0.0899. The van der Waals surface area contributed by atoms with Crippen LogP contribution >= 0.6 is 0 Å². The van der Waals surface area contributed by atoms with Crippen LogP contribution in [0.15, 0.2) is 0 Å². The Kier molecular flexibility index (Phi) is 11.0. The predicted octanol–water partition coefficient (Wildman–Crippen LogP) is -0.934. The van der Waals surface area contributed by atoms with Gasteiger partial charge in [0.2, 0.25) is 0 Å². The van der Waals surface area contributed by atoms with Gasteiger partial charge in [-0.2, -0.15) is 0 Å². The number of aliphatic hydroxyl groups is 5. The topological polar surface area (TPSA) is 123 Å². The van der Waals surface area contributed by atoms with E-state index < -0.39 is 43.4 Å². The molecule has 0 bridgehead atoms. The lowest BCUT2D eigenvalue weighted by atomic mass is 9.99. The summed E-state index contributed by atoms with van der Waals surface area (Å²) >= 11 is 0. The average molecular weight is 365 g/mol. The number of rotatable bonds is 12. The third kappa shape index (κ3) is 7.44. The summed E-state index contributed by atoms with van der Waals surface area (Å²) in [6.45, 7) is 5.89. The van der Waals surface area contributed by atoms with Crippen LogP contribution in [0.25, 0.3) is 0 Å². The minimum atomic E-state index is -1.47. The lowest BCUT2D eigenvalue weighted by Crippen LogP contribution is -2.59. The average Bonchev–Trinajstić information content (AvgIpc) is 2.60. The summed E-state index contributed by atoms with van der Waals surface area (Å²) in [5.41, 5.74) is 0. The Morgan fingerprint density at radius 2 is 1.64 bits per heavy atom. The van der Waals surface area contributed by atoms with Gasteiger partial charge in [-0.1, -0.05) is 26.7 Å². The molecule has 0 aromatic rings. The summed E-state index contributed by atoms with van der Waals surface area (Å²) in [6, 6.07) is 0. The molecule has 1 unspecified atom stereocenters. The van der Waals surface area contributed by atoms with E-state index in [0.717, 1.165) is 38.8 Å². The largest absolute Gasteiger partial charge is 0.394 e. The highest BCUT2D eigenvalue weighted by atomic mass is 16.7. The second-order valence-corrected chi connectivity index (χ2v) is 6.69. The number of nitrogens with zero attached hydrogens (tertiary/aromatic N) is 1. The van der Waals surface area contributed by atoms with Crippen molar-refractivity contribution in [3.05, 3.63) is 0 Å². The molecule has 0 aliphatic carbocycles. The molecule has 1 saturated heterocycles. The van der Waals surface area contributed by atoms with Gasteiger partial charge in [-0.15, -0.1) is 0 Å². The maximum absolute atomic E-state index is 10.2. The Hall–Kier alpha value is -0.320. The van der Waals surface area contributed by atoms with E-state index in [0.29, 0.717) is 6.54 Å². The van der Waals surface area contributed by atoms with Crippen molar-refractivity contribution in [3.63, 3.8) is 0 Å². The van der Waals surface area contributed by atoms with Gasteiger partial charge in [-0.3, -0.25) is 0 Å². The van der Waals surface area contributed by atoms with Crippen LogP contribution in [0.4, 0.5) is 0 Å². The highest BCUT2D eigenvalue weighted by molar-refractivity contribution is 4.89. The Bertz CT molecular complexity index is 339. The molecule has 1 heterocycles. The Morgan fingerprint density at radius 3 is 2.16 bits per heavy atom. The SMILES string of the molecule is CCCCN(CCCC)CC(O)CO[C@@H]1[C@@H](O)[C@@H](O)[C@@H](CO)O[C@H]1O. The summed E-state index contributed by atoms with van der Waals surface area (Å²) < 4.78 is 10.4. The fourth-order valence-corrected chi connectivity index (χ4v) is 2.88. The molecule has 1 fully saturated rings. The van der Waals surface area contributed by atoms with Crippen LogP contribution in [0, 0.1) is 0 Å². The lowest BCUT2D eigenvalue weighted by Gasteiger charge is -2.40. The van der Waals surface area contributed by atoms with E-state index in [1.807, 2.05) is 0 Å². The fraction of sp³-hybridized carbons (Fsp3) is 1.00. The second kappa shape index (κ2) is 12.1. The summed E-state index contributed by atoms with van der Waals surface area (Å²) in [6.07, 6.45) is -2.97. The molecule has 150 valence electrons. The van der Waals surface area contributed by atoms with Crippen LogP contribution in [0.3, 0.4) is 0 Å². The van der Waals surface area contributed by atoms with E-state index in [1.165, 1.54) is 0 Å². The van der Waals surface area contributed by atoms with E-state index in [2.05, 4.69) is 18.7 Å². The molecule has 0 spiro atoms. The maximum Gasteiger partial charge on any atom is 0.184 e. The fourth-order valence-electron chi connectivity index (χ4n) is 2.88. The van der Waals surface area contributed by atoms with E-state index in [-0.39, 0.29) is 6.61 Å². The van der Waals surface area contributed by atoms with Gasteiger partial charge in [0.1, 0.15) is 24.4 Å². The molecule has 1 rings (SSSR count). The van der Waals surface area contributed by atoms with Gasteiger partial charge < -0.3 is 39.9 Å². The van der Waals surface area contributed by atoms with Crippen molar-refractivity contribution in [1.29, 1.82) is 0 Å². The molecule has 1 aliphatic heterocycles. The van der Waals surface area contributed by atoms with Gasteiger partial charge in [0.25, 0.3) is 0 Å². The van der Waals surface area contributed by atoms with Gasteiger partial charge in [0.05, 0.1) is 19.3 Å². The molecular formula is C17H35NO7. The van der Waals surface area contributed by atoms with Crippen molar-refractivity contribution < 1.29 is 35.0 Å². The predicted molar refractivity (Wildman–Crippen MR) is 92.0 cm³/mol. The third-order valence-electron chi connectivity index (χ3n) is 4.45. The normalized spacial score (nSPS) is 31.4. The molecule has 8 heteroatoms. The van der Waals surface area contributed by atoms with Crippen LogP contribution in [-0.2, 0) is 9.47 Å². The smallest absolute Gasteiger partial charge is 0.184 e. The van der Waals surface area contributed by atoms with Crippen molar-refractivity contribution in [2.45, 2.75) is 76.3 Å². The molecule has 5 N–H and O–H groups in total. The van der Waals surface area contributed by atoms with Crippen molar-refractivity contribution in [1.82, 2.24) is 4.90 Å². The van der Waals surface area contributed by atoms with Crippen LogP contribution < -0.4 is 0 Å². The second-order valence-electron chi connectivity index (χ2n) is 6.69. The molecule has 0 amide bonds. The van der Waals surface area contributed by atoms with E-state index in [4.69, 9.17) is 14.6 Å². The van der Waals surface area contributed by atoms with Crippen molar-refractivity contribution in [2.75, 3.05) is 32.8 Å². The highest BCUT2D eigenvalue weighted by Crippen LogP contribution is 2.22. The zero-order valence-electron chi connectivity index (χ0n) is 15.3. The summed E-state index contributed by atoms with van der Waals surface area (Å²) in [5.74, 6) is 0. The number of unbranched alkanes of at least 4 members (excludes halogenated alkanes) is 2. The zero-order chi connectivity index (χ0) is 18.8. The van der Waals surface area contributed by atoms with Gasteiger partial charge in [0.15, 0.2) is 6.29 Å². The van der Waals surface area contributed by atoms with E-state index >= 15 is 0 Å². The first-order valence-electron chi connectivity index (χ1n) is 9.27. The summed E-state index contributed by atoms with van der Waals surface area (Å²) in [4.78, 5) is 2.18. The van der Waals surface area contributed by atoms with Crippen LogP contribution in [0.1, 0.15) is 39.5 Å². The Morgan fingerprint density at radius 1 is 1.04 bits per heavy atom. The maximum atomic E-state index is 10.2. The lowest BCUT2D eigenvalue weighted by molar-refractivity contribution is -0.298. The molecule has 0 aromatic carbocycles. The molecule has 0 aromatic heterocycles. The molecule has 6 atom stereocenters. The number of hydrogen-bond donors (Lipinski definition) is 5. The molecule has 0 radical (unpaired) electrons. The monoisotopic (exact) mass is 365 g/mol. The van der Waals surface area contributed by atoms with Gasteiger partial charge >= 0.3 is 0 Å². The number of aliphatic hydroxyl groups excluding tert-OH is 5.